The summed E-state index contributed by atoms with van der Waals surface area (Å²) in [5.41, 5.74) is 5.67. The molecule has 222 valence electrons. The number of nitrogens with two attached hydrogens (primary N) is 1. The number of rotatable bonds is 22. The molecule has 0 aromatic carbocycles. The minimum atomic E-state index is -1.48. The molecule has 0 unspecified atom stereocenters. The molecule has 1 aliphatic heterocycles. The van der Waals surface area contributed by atoms with Gasteiger partial charge in [-0.1, -0.05) is 89.9 Å². The van der Waals surface area contributed by atoms with Crippen LogP contribution in [0.4, 0.5) is 0 Å². The van der Waals surface area contributed by atoms with Crippen LogP contribution < -0.4 is 5.73 Å². The van der Waals surface area contributed by atoms with Crippen molar-refractivity contribution in [3.63, 3.8) is 0 Å². The molecule has 0 aromatic heterocycles. The monoisotopic (exact) mass is 535 g/mol. The van der Waals surface area contributed by atoms with Crippen molar-refractivity contribution in [1.29, 1.82) is 0 Å². The van der Waals surface area contributed by atoms with E-state index in [2.05, 4.69) is 0 Å². The largest absolute Gasteiger partial charge is 0.394 e. The van der Waals surface area contributed by atoms with Crippen molar-refractivity contribution < 1.29 is 40.1 Å². The molecular weight excluding hydrogens is 478 g/mol. The Hall–Kier alpha value is -0.360. The molecule has 9 heteroatoms. The SMILES string of the molecule is C[C@H](N)[C@H](O)CCCCCCCCCCCCCCCC[C@H](O)[C@@H](C)O[C@H]1O[C@@H](CO)[C@@H](O)[C@@H](O)[C@H]1O. The fourth-order valence-corrected chi connectivity index (χ4v) is 4.81. The summed E-state index contributed by atoms with van der Waals surface area (Å²) in [6.45, 7) is 3.03. The minimum Gasteiger partial charge on any atom is -0.394 e. The molecule has 0 aliphatic carbocycles. The number of unbranched alkanes of at least 4 members (excludes halogenated alkanes) is 13. The fourth-order valence-electron chi connectivity index (χ4n) is 4.81. The van der Waals surface area contributed by atoms with Gasteiger partial charge in [0, 0.05) is 6.04 Å². The quantitative estimate of drug-likeness (QED) is 0.103. The average molecular weight is 536 g/mol. The molecule has 0 saturated carbocycles. The minimum absolute atomic E-state index is 0.127. The Morgan fingerprint density at radius 1 is 0.649 bits per heavy atom. The van der Waals surface area contributed by atoms with Gasteiger partial charge in [0.2, 0.25) is 0 Å². The van der Waals surface area contributed by atoms with Crippen molar-refractivity contribution in [2.75, 3.05) is 6.61 Å². The maximum atomic E-state index is 10.4. The van der Waals surface area contributed by atoms with Gasteiger partial charge >= 0.3 is 0 Å². The van der Waals surface area contributed by atoms with E-state index in [0.717, 1.165) is 32.1 Å². The zero-order valence-corrected chi connectivity index (χ0v) is 23.3. The van der Waals surface area contributed by atoms with Crippen LogP contribution in [0, 0.1) is 0 Å². The molecule has 8 N–H and O–H groups in total. The van der Waals surface area contributed by atoms with Crippen molar-refractivity contribution in [2.24, 2.45) is 5.73 Å². The highest BCUT2D eigenvalue weighted by atomic mass is 16.7. The van der Waals surface area contributed by atoms with E-state index in [1.165, 1.54) is 64.2 Å². The number of hydrogen-bond acceptors (Lipinski definition) is 9. The van der Waals surface area contributed by atoms with Gasteiger partial charge in [-0.25, -0.2) is 0 Å². The third kappa shape index (κ3) is 14.6. The Morgan fingerprint density at radius 3 is 1.46 bits per heavy atom. The van der Waals surface area contributed by atoms with Gasteiger partial charge < -0.3 is 45.8 Å². The van der Waals surface area contributed by atoms with Gasteiger partial charge in [0.05, 0.1) is 24.9 Å². The zero-order valence-electron chi connectivity index (χ0n) is 23.3. The Balaban J connectivity index is 1.94. The van der Waals surface area contributed by atoms with Crippen molar-refractivity contribution in [2.45, 2.75) is 172 Å². The Bertz CT molecular complexity index is 538. The van der Waals surface area contributed by atoms with Gasteiger partial charge in [-0.3, -0.25) is 0 Å². The summed E-state index contributed by atoms with van der Waals surface area (Å²) in [5, 5.41) is 59.1. The summed E-state index contributed by atoms with van der Waals surface area (Å²) >= 11 is 0. The highest BCUT2D eigenvalue weighted by Gasteiger charge is 2.44. The van der Waals surface area contributed by atoms with Gasteiger partial charge in [0.1, 0.15) is 24.4 Å². The van der Waals surface area contributed by atoms with Gasteiger partial charge in [-0.05, 0) is 26.7 Å². The van der Waals surface area contributed by atoms with E-state index in [1.807, 2.05) is 6.92 Å². The van der Waals surface area contributed by atoms with Crippen LogP contribution in [-0.2, 0) is 9.47 Å². The first-order valence-electron chi connectivity index (χ1n) is 14.8. The molecule has 0 radical (unpaired) electrons. The molecule has 9 atom stereocenters. The number of aliphatic hydroxyl groups is 6. The standard InChI is InChI=1S/C28H57NO8/c1-20(29)22(31)17-15-13-11-9-7-5-3-4-6-8-10-12-14-16-18-23(32)21(2)36-28-27(35)26(34)25(33)24(19-30)37-28/h20-28,30-35H,3-19,29H2,1-2H3/t20-,21+,22+,23-,24-,25+,26+,27+,28-/m0/s1. The van der Waals surface area contributed by atoms with Crippen LogP contribution in [0.25, 0.3) is 0 Å². The van der Waals surface area contributed by atoms with Crippen LogP contribution in [0.15, 0.2) is 0 Å². The van der Waals surface area contributed by atoms with Gasteiger partial charge in [-0.15, -0.1) is 0 Å². The van der Waals surface area contributed by atoms with Crippen molar-refractivity contribution in [3.8, 4) is 0 Å². The molecule has 1 saturated heterocycles. The molecule has 1 rings (SSSR count). The molecule has 1 fully saturated rings. The van der Waals surface area contributed by atoms with E-state index < -0.39 is 49.5 Å². The molecule has 0 aromatic rings. The highest BCUT2D eigenvalue weighted by Crippen LogP contribution is 2.24. The summed E-state index contributed by atoms with van der Waals surface area (Å²) in [6, 6.07) is -0.127. The van der Waals surface area contributed by atoms with Crippen molar-refractivity contribution in [1.82, 2.24) is 0 Å². The number of ether oxygens (including phenoxy) is 2. The lowest BCUT2D eigenvalue weighted by molar-refractivity contribution is -0.315. The third-order valence-corrected chi connectivity index (χ3v) is 7.60. The fraction of sp³-hybridized carbons (Fsp3) is 1.00. The maximum absolute atomic E-state index is 10.4. The lowest BCUT2D eigenvalue weighted by Gasteiger charge is -2.41. The molecule has 0 spiro atoms. The first kappa shape index (κ1) is 34.7. The molecule has 1 aliphatic rings. The van der Waals surface area contributed by atoms with Crippen molar-refractivity contribution in [3.05, 3.63) is 0 Å². The van der Waals surface area contributed by atoms with E-state index >= 15 is 0 Å². The molecule has 0 amide bonds. The third-order valence-electron chi connectivity index (χ3n) is 7.60. The topological polar surface area (TPSA) is 166 Å². The Morgan fingerprint density at radius 2 is 1.05 bits per heavy atom. The molecule has 9 nitrogen and oxygen atoms in total. The average Bonchev–Trinajstić information content (AvgIpc) is 2.88. The molecule has 37 heavy (non-hydrogen) atoms. The van der Waals surface area contributed by atoms with Crippen LogP contribution in [0.5, 0.6) is 0 Å². The number of hydrogen-bond donors (Lipinski definition) is 7. The second-order valence-electron chi connectivity index (χ2n) is 11.1. The van der Waals surface area contributed by atoms with Crippen LogP contribution >= 0.6 is 0 Å². The predicted molar refractivity (Wildman–Crippen MR) is 144 cm³/mol. The van der Waals surface area contributed by atoms with Gasteiger partial charge in [0.25, 0.3) is 0 Å². The second kappa shape index (κ2) is 20.5. The smallest absolute Gasteiger partial charge is 0.187 e. The molecule has 1 heterocycles. The predicted octanol–water partition coefficient (Wildman–Crippen LogP) is 2.50. The first-order valence-corrected chi connectivity index (χ1v) is 14.8. The lowest BCUT2D eigenvalue weighted by atomic mass is 9.99. The number of aliphatic hydroxyl groups excluding tert-OH is 6. The highest BCUT2D eigenvalue weighted by molar-refractivity contribution is 4.89. The normalized spacial score (nSPS) is 27.6. The van der Waals surface area contributed by atoms with Crippen molar-refractivity contribution >= 4 is 0 Å². The summed E-state index contributed by atoms with van der Waals surface area (Å²) in [6.07, 6.45) is 9.91. The van der Waals surface area contributed by atoms with E-state index in [4.69, 9.17) is 15.2 Å². The molecular formula is C28H57NO8. The Labute approximate surface area is 224 Å². The zero-order chi connectivity index (χ0) is 27.6. The Kier molecular flexibility index (Phi) is 19.2. The summed E-state index contributed by atoms with van der Waals surface area (Å²) in [4.78, 5) is 0. The molecule has 0 bridgehead atoms. The van der Waals surface area contributed by atoms with Crippen LogP contribution in [0.1, 0.15) is 117 Å². The first-order chi connectivity index (χ1) is 17.7. The summed E-state index contributed by atoms with van der Waals surface area (Å²) < 4.78 is 10.9. The van der Waals surface area contributed by atoms with Crippen LogP contribution in [-0.4, -0.2) is 92.3 Å². The van der Waals surface area contributed by atoms with E-state index in [0.29, 0.717) is 6.42 Å². The van der Waals surface area contributed by atoms with E-state index in [9.17, 15) is 30.6 Å². The van der Waals surface area contributed by atoms with E-state index in [-0.39, 0.29) is 12.1 Å². The van der Waals surface area contributed by atoms with Crippen LogP contribution in [0.2, 0.25) is 0 Å². The summed E-state index contributed by atoms with van der Waals surface area (Å²) in [5.74, 6) is 0. The maximum Gasteiger partial charge on any atom is 0.187 e. The lowest BCUT2D eigenvalue weighted by Crippen LogP contribution is -2.60. The van der Waals surface area contributed by atoms with Crippen LogP contribution in [0.3, 0.4) is 0 Å². The summed E-state index contributed by atoms with van der Waals surface area (Å²) in [7, 11) is 0. The second-order valence-corrected chi connectivity index (χ2v) is 11.1. The van der Waals surface area contributed by atoms with Gasteiger partial charge in [-0.2, -0.15) is 0 Å². The van der Waals surface area contributed by atoms with Gasteiger partial charge in [0.15, 0.2) is 6.29 Å². The van der Waals surface area contributed by atoms with E-state index in [1.54, 1.807) is 6.92 Å².